The number of hydrogen-bond donors (Lipinski definition) is 1. The maximum atomic E-state index is 12.0. The van der Waals surface area contributed by atoms with Crippen LogP contribution in [0.5, 0.6) is 0 Å². The molecule has 0 aromatic rings. The van der Waals surface area contributed by atoms with Crippen LogP contribution in [0.3, 0.4) is 0 Å². The van der Waals surface area contributed by atoms with Crippen molar-refractivity contribution in [2.45, 2.75) is 38.1 Å². The van der Waals surface area contributed by atoms with Gasteiger partial charge in [0.25, 0.3) is 0 Å². The minimum Gasteiger partial charge on any atom is -0.369 e. The molecule has 0 amide bonds. The largest absolute Gasteiger partial charge is 0.414 e. The number of halogens is 3. The third kappa shape index (κ3) is 5.00. The minimum absolute atomic E-state index is 0.106. The molecule has 88 valence electrons. The topological polar surface area (TPSA) is 45.0 Å². The van der Waals surface area contributed by atoms with E-state index in [1.54, 1.807) is 14.0 Å². The highest BCUT2D eigenvalue weighted by atomic mass is 19.4. The molecule has 0 spiro atoms. The standard InChI is InChI=1S/C9H15F3N2O/c1-7(9(10,11)12)15-5-4-8(2,6-13)14-3/h7,14H,4-5H2,1-3H3. The van der Waals surface area contributed by atoms with Crippen molar-refractivity contribution in [3.05, 3.63) is 0 Å². The molecule has 0 heterocycles. The molecule has 0 rings (SSSR count). The van der Waals surface area contributed by atoms with Crippen LogP contribution in [0.15, 0.2) is 0 Å². The van der Waals surface area contributed by atoms with E-state index in [1.807, 2.05) is 6.07 Å². The minimum atomic E-state index is -4.34. The summed E-state index contributed by atoms with van der Waals surface area (Å²) in [5.74, 6) is 0. The summed E-state index contributed by atoms with van der Waals surface area (Å²) in [6, 6.07) is 1.97. The lowest BCUT2D eigenvalue weighted by Crippen LogP contribution is -2.40. The molecule has 0 radical (unpaired) electrons. The Labute approximate surface area is 87.2 Å². The van der Waals surface area contributed by atoms with Gasteiger partial charge in [0, 0.05) is 6.42 Å². The van der Waals surface area contributed by atoms with E-state index in [2.05, 4.69) is 10.1 Å². The maximum absolute atomic E-state index is 12.0. The van der Waals surface area contributed by atoms with Gasteiger partial charge in [-0.25, -0.2) is 0 Å². The van der Waals surface area contributed by atoms with Crippen molar-refractivity contribution in [2.75, 3.05) is 13.7 Å². The second-order valence-corrected chi connectivity index (χ2v) is 3.50. The van der Waals surface area contributed by atoms with Gasteiger partial charge in [0.15, 0.2) is 6.10 Å². The molecule has 0 saturated heterocycles. The Bertz CT molecular complexity index is 236. The second kappa shape index (κ2) is 5.33. The van der Waals surface area contributed by atoms with E-state index in [0.717, 1.165) is 6.92 Å². The van der Waals surface area contributed by atoms with Crippen molar-refractivity contribution in [3.63, 3.8) is 0 Å². The van der Waals surface area contributed by atoms with Crippen LogP contribution in [-0.2, 0) is 4.74 Å². The predicted octanol–water partition coefficient (Wildman–Crippen LogP) is 1.85. The van der Waals surface area contributed by atoms with Crippen LogP contribution in [0.4, 0.5) is 13.2 Å². The number of nitrogens with zero attached hydrogens (tertiary/aromatic N) is 1. The molecule has 0 aliphatic rings. The van der Waals surface area contributed by atoms with Crippen molar-refractivity contribution in [3.8, 4) is 6.07 Å². The summed E-state index contributed by atoms with van der Waals surface area (Å²) in [6.45, 7) is 2.45. The highest BCUT2D eigenvalue weighted by molar-refractivity contribution is 5.02. The molecule has 0 aliphatic heterocycles. The summed E-state index contributed by atoms with van der Waals surface area (Å²) in [7, 11) is 1.58. The van der Waals surface area contributed by atoms with E-state index >= 15 is 0 Å². The molecule has 0 fully saturated rings. The number of nitriles is 1. The predicted molar refractivity (Wildman–Crippen MR) is 49.2 cm³/mol. The zero-order valence-corrected chi connectivity index (χ0v) is 8.98. The van der Waals surface area contributed by atoms with Crippen molar-refractivity contribution in [1.29, 1.82) is 5.26 Å². The van der Waals surface area contributed by atoms with Gasteiger partial charge in [0.05, 0.1) is 12.7 Å². The Morgan fingerprint density at radius 3 is 2.33 bits per heavy atom. The van der Waals surface area contributed by atoms with Crippen LogP contribution in [0.2, 0.25) is 0 Å². The Kier molecular flexibility index (Phi) is 5.05. The SMILES string of the molecule is CNC(C)(C#N)CCOC(C)C(F)(F)F. The van der Waals surface area contributed by atoms with Crippen LogP contribution in [0.1, 0.15) is 20.3 Å². The molecule has 0 aromatic carbocycles. The molecule has 0 aliphatic carbocycles. The van der Waals surface area contributed by atoms with E-state index in [0.29, 0.717) is 0 Å². The lowest BCUT2D eigenvalue weighted by Gasteiger charge is -2.22. The third-order valence-corrected chi connectivity index (χ3v) is 2.23. The van der Waals surface area contributed by atoms with Crippen LogP contribution in [0, 0.1) is 11.3 Å². The molecular formula is C9H15F3N2O. The van der Waals surface area contributed by atoms with E-state index in [-0.39, 0.29) is 13.0 Å². The van der Waals surface area contributed by atoms with Gasteiger partial charge >= 0.3 is 6.18 Å². The number of nitrogens with one attached hydrogen (secondary N) is 1. The van der Waals surface area contributed by atoms with Gasteiger partial charge in [-0.3, -0.25) is 0 Å². The molecule has 2 atom stereocenters. The number of hydrogen-bond acceptors (Lipinski definition) is 3. The normalized spacial score (nSPS) is 17.9. The molecule has 6 heteroatoms. The van der Waals surface area contributed by atoms with Crippen LogP contribution < -0.4 is 5.32 Å². The molecule has 0 bridgehead atoms. The Balaban J connectivity index is 3.96. The number of rotatable bonds is 5. The zero-order valence-electron chi connectivity index (χ0n) is 8.98. The lowest BCUT2D eigenvalue weighted by atomic mass is 10.0. The van der Waals surface area contributed by atoms with E-state index in [4.69, 9.17) is 5.26 Å². The first-order valence-corrected chi connectivity index (χ1v) is 4.53. The van der Waals surface area contributed by atoms with Crippen molar-refractivity contribution >= 4 is 0 Å². The monoisotopic (exact) mass is 224 g/mol. The first kappa shape index (κ1) is 14.2. The summed E-state index contributed by atoms with van der Waals surface area (Å²) in [6.07, 6.45) is -5.93. The van der Waals surface area contributed by atoms with Crippen LogP contribution in [0.25, 0.3) is 0 Å². The fourth-order valence-corrected chi connectivity index (χ4v) is 0.771. The van der Waals surface area contributed by atoms with E-state index in [1.165, 1.54) is 0 Å². The molecule has 1 N–H and O–H groups in total. The van der Waals surface area contributed by atoms with E-state index in [9.17, 15) is 13.2 Å². The van der Waals surface area contributed by atoms with Gasteiger partial charge in [-0.15, -0.1) is 0 Å². The van der Waals surface area contributed by atoms with Gasteiger partial charge in [-0.1, -0.05) is 0 Å². The Morgan fingerprint density at radius 1 is 1.47 bits per heavy atom. The molecule has 0 saturated carbocycles. The molecular weight excluding hydrogens is 209 g/mol. The fraction of sp³-hybridized carbons (Fsp3) is 0.889. The first-order valence-electron chi connectivity index (χ1n) is 4.53. The van der Waals surface area contributed by atoms with Gasteiger partial charge in [-0.2, -0.15) is 18.4 Å². The van der Waals surface area contributed by atoms with E-state index < -0.39 is 17.8 Å². The second-order valence-electron chi connectivity index (χ2n) is 3.50. The summed E-state index contributed by atoms with van der Waals surface area (Å²) >= 11 is 0. The summed E-state index contributed by atoms with van der Waals surface area (Å²) in [4.78, 5) is 0. The average Bonchev–Trinajstić information content (AvgIpc) is 2.16. The van der Waals surface area contributed by atoms with Gasteiger partial charge in [0.1, 0.15) is 5.54 Å². The summed E-state index contributed by atoms with van der Waals surface area (Å²) in [5, 5.41) is 11.4. The Hall–Kier alpha value is -0.800. The smallest absolute Gasteiger partial charge is 0.369 e. The van der Waals surface area contributed by atoms with Crippen molar-refractivity contribution in [2.24, 2.45) is 0 Å². The van der Waals surface area contributed by atoms with Gasteiger partial charge in [-0.05, 0) is 20.9 Å². The molecule has 2 unspecified atom stereocenters. The third-order valence-electron chi connectivity index (χ3n) is 2.23. The van der Waals surface area contributed by atoms with Crippen LogP contribution in [-0.4, -0.2) is 31.5 Å². The van der Waals surface area contributed by atoms with Gasteiger partial charge < -0.3 is 10.1 Å². The van der Waals surface area contributed by atoms with Gasteiger partial charge in [0.2, 0.25) is 0 Å². The average molecular weight is 224 g/mol. The first-order chi connectivity index (χ1) is 6.75. The maximum Gasteiger partial charge on any atom is 0.414 e. The number of ether oxygens (including phenoxy) is 1. The lowest BCUT2D eigenvalue weighted by molar-refractivity contribution is -0.214. The highest BCUT2D eigenvalue weighted by Crippen LogP contribution is 2.22. The molecule has 3 nitrogen and oxygen atoms in total. The quantitative estimate of drug-likeness (QED) is 0.775. The Morgan fingerprint density at radius 2 is 2.00 bits per heavy atom. The number of alkyl halides is 3. The summed E-state index contributed by atoms with van der Waals surface area (Å²) < 4.78 is 40.7. The summed E-state index contributed by atoms with van der Waals surface area (Å²) in [5.41, 5.74) is -0.842. The molecule has 15 heavy (non-hydrogen) atoms. The van der Waals surface area contributed by atoms with Crippen LogP contribution >= 0.6 is 0 Å². The van der Waals surface area contributed by atoms with Crippen molar-refractivity contribution in [1.82, 2.24) is 5.32 Å². The zero-order chi connectivity index (χ0) is 12.1. The fourth-order valence-electron chi connectivity index (χ4n) is 0.771. The highest BCUT2D eigenvalue weighted by Gasteiger charge is 2.37. The molecule has 0 aromatic heterocycles. The van der Waals surface area contributed by atoms with Crippen molar-refractivity contribution < 1.29 is 17.9 Å².